The Hall–Kier alpha value is -2.58. The molecule has 0 aromatic heterocycles. The first kappa shape index (κ1) is 23.1. The van der Waals surface area contributed by atoms with Crippen LogP contribution in [0.4, 0.5) is 5.69 Å². The number of ether oxygens (including phenoxy) is 1. The first-order valence-electron chi connectivity index (χ1n) is 10.6. The molecule has 0 radical (unpaired) electrons. The highest BCUT2D eigenvalue weighted by Gasteiger charge is 2.27. The Bertz CT molecular complexity index is 984. The summed E-state index contributed by atoms with van der Waals surface area (Å²) in [5.74, 6) is 0.659. The first-order chi connectivity index (χ1) is 14.9. The fraction of sp³-hybridized carbons (Fsp3) is 0.435. The molecule has 7 nitrogen and oxygen atoms in total. The zero-order valence-corrected chi connectivity index (χ0v) is 19.0. The van der Waals surface area contributed by atoms with Crippen molar-refractivity contribution in [2.24, 2.45) is 0 Å². The highest BCUT2D eigenvalue weighted by atomic mass is 32.2. The molecule has 3 rings (SSSR count). The summed E-state index contributed by atoms with van der Waals surface area (Å²) in [5.41, 5.74) is 2.44. The normalized spacial score (nSPS) is 14.8. The van der Waals surface area contributed by atoms with Crippen molar-refractivity contribution < 1.29 is 17.9 Å². The van der Waals surface area contributed by atoms with E-state index < -0.39 is 10.0 Å². The summed E-state index contributed by atoms with van der Waals surface area (Å²) in [6, 6.07) is 12.9. The molecule has 1 aliphatic rings. The third kappa shape index (κ3) is 6.21. The van der Waals surface area contributed by atoms with Crippen LogP contribution in [0.1, 0.15) is 30.4 Å². The average molecular weight is 446 g/mol. The molecule has 0 unspecified atom stereocenters. The lowest BCUT2D eigenvalue weighted by molar-refractivity contribution is -0.119. The molecule has 0 aliphatic carbocycles. The van der Waals surface area contributed by atoms with E-state index >= 15 is 0 Å². The van der Waals surface area contributed by atoms with Gasteiger partial charge in [0.2, 0.25) is 15.9 Å². The third-order valence-corrected chi connectivity index (χ3v) is 7.51. The van der Waals surface area contributed by atoms with Gasteiger partial charge in [-0.05, 0) is 61.6 Å². The molecule has 1 amide bonds. The van der Waals surface area contributed by atoms with Gasteiger partial charge in [-0.15, -0.1) is 0 Å². The first-order valence-corrected chi connectivity index (χ1v) is 12.1. The number of rotatable bonds is 9. The van der Waals surface area contributed by atoms with Gasteiger partial charge >= 0.3 is 0 Å². The van der Waals surface area contributed by atoms with Crippen LogP contribution >= 0.6 is 0 Å². The van der Waals surface area contributed by atoms with Gasteiger partial charge in [-0.2, -0.15) is 4.31 Å². The minimum absolute atomic E-state index is 0.0782. The van der Waals surface area contributed by atoms with Crippen molar-refractivity contribution in [2.75, 3.05) is 38.6 Å². The smallest absolute Gasteiger partial charge is 0.243 e. The Labute approximate surface area is 184 Å². The third-order valence-electron chi connectivity index (χ3n) is 5.47. The van der Waals surface area contributed by atoms with E-state index in [0.29, 0.717) is 35.8 Å². The van der Waals surface area contributed by atoms with Crippen LogP contribution in [0.25, 0.3) is 0 Å². The molecule has 2 N–H and O–H groups in total. The zero-order chi connectivity index (χ0) is 22.3. The van der Waals surface area contributed by atoms with E-state index in [1.807, 2.05) is 24.3 Å². The number of aryl methyl sites for hydroxylation is 1. The lowest BCUT2D eigenvalue weighted by Gasteiger charge is -2.26. The molecule has 1 heterocycles. The number of sulfonamides is 1. The van der Waals surface area contributed by atoms with E-state index in [4.69, 9.17) is 4.74 Å². The van der Waals surface area contributed by atoms with Crippen molar-refractivity contribution in [1.29, 1.82) is 0 Å². The largest absolute Gasteiger partial charge is 0.497 e. The summed E-state index contributed by atoms with van der Waals surface area (Å²) < 4.78 is 32.8. The fourth-order valence-corrected chi connectivity index (χ4v) is 5.38. The van der Waals surface area contributed by atoms with Crippen molar-refractivity contribution in [1.82, 2.24) is 9.62 Å². The van der Waals surface area contributed by atoms with Gasteiger partial charge in [0.15, 0.2) is 0 Å². The van der Waals surface area contributed by atoms with Crippen molar-refractivity contribution in [3.63, 3.8) is 0 Å². The Morgan fingerprint density at radius 1 is 1.06 bits per heavy atom. The Balaban J connectivity index is 1.52. The number of hydrogen-bond donors (Lipinski definition) is 2. The topological polar surface area (TPSA) is 87.7 Å². The van der Waals surface area contributed by atoms with Crippen molar-refractivity contribution >= 4 is 21.6 Å². The number of methoxy groups -OCH3 is 1. The number of carbonyl (C=O) groups excluding carboxylic acids is 1. The summed E-state index contributed by atoms with van der Waals surface area (Å²) in [7, 11) is -1.89. The maximum Gasteiger partial charge on any atom is 0.243 e. The van der Waals surface area contributed by atoms with Gasteiger partial charge in [0.1, 0.15) is 5.75 Å². The van der Waals surface area contributed by atoms with Crippen LogP contribution in [0.2, 0.25) is 0 Å². The Morgan fingerprint density at radius 2 is 1.77 bits per heavy atom. The molecule has 1 aliphatic heterocycles. The van der Waals surface area contributed by atoms with Crippen LogP contribution in [-0.2, 0) is 21.2 Å². The van der Waals surface area contributed by atoms with Crippen LogP contribution in [0.15, 0.2) is 47.4 Å². The summed E-state index contributed by atoms with van der Waals surface area (Å²) >= 11 is 0. The van der Waals surface area contributed by atoms with Crippen LogP contribution in [0, 0.1) is 6.92 Å². The quantitative estimate of drug-likeness (QED) is 0.620. The number of hydrogen-bond acceptors (Lipinski definition) is 5. The molecular weight excluding hydrogens is 414 g/mol. The lowest BCUT2D eigenvalue weighted by atomic mass is 10.1. The lowest BCUT2D eigenvalue weighted by Crippen LogP contribution is -2.36. The van der Waals surface area contributed by atoms with Gasteiger partial charge < -0.3 is 15.4 Å². The molecule has 0 saturated carbocycles. The highest BCUT2D eigenvalue weighted by molar-refractivity contribution is 7.89. The number of nitrogens with zero attached hydrogens (tertiary/aromatic N) is 1. The van der Waals surface area contributed by atoms with E-state index in [2.05, 4.69) is 10.6 Å². The molecule has 0 spiro atoms. The van der Waals surface area contributed by atoms with Crippen LogP contribution in [-0.4, -0.2) is 51.9 Å². The molecule has 8 heteroatoms. The van der Waals surface area contributed by atoms with Crippen molar-refractivity contribution in [2.45, 2.75) is 37.5 Å². The molecule has 0 bridgehead atoms. The van der Waals surface area contributed by atoms with E-state index in [-0.39, 0.29) is 12.5 Å². The van der Waals surface area contributed by atoms with Gasteiger partial charge in [-0.25, -0.2) is 8.42 Å². The maximum atomic E-state index is 13.0. The predicted molar refractivity (Wildman–Crippen MR) is 122 cm³/mol. The Kier molecular flexibility index (Phi) is 7.92. The zero-order valence-electron chi connectivity index (χ0n) is 18.2. The van der Waals surface area contributed by atoms with E-state index in [0.717, 1.165) is 37.0 Å². The average Bonchev–Trinajstić information content (AvgIpc) is 2.79. The number of amides is 1. The van der Waals surface area contributed by atoms with Crippen LogP contribution < -0.4 is 15.4 Å². The van der Waals surface area contributed by atoms with Crippen LogP contribution in [0.5, 0.6) is 5.75 Å². The van der Waals surface area contributed by atoms with E-state index in [1.165, 1.54) is 0 Å². The molecular formula is C23H31N3O4S. The van der Waals surface area contributed by atoms with E-state index in [9.17, 15) is 13.2 Å². The molecule has 31 heavy (non-hydrogen) atoms. The minimum atomic E-state index is -3.52. The number of piperidine rings is 1. The SMILES string of the molecule is COc1ccc(CCNC(=O)CNc2ccc(C)c(S(=O)(=O)N3CCCCC3)c2)cc1. The van der Waals surface area contributed by atoms with Crippen LogP contribution in [0.3, 0.4) is 0 Å². The molecule has 2 aromatic carbocycles. The summed E-state index contributed by atoms with van der Waals surface area (Å²) in [6.45, 7) is 3.53. The molecule has 1 fully saturated rings. The summed E-state index contributed by atoms with van der Waals surface area (Å²) in [5, 5.41) is 5.92. The summed E-state index contributed by atoms with van der Waals surface area (Å²) in [4.78, 5) is 12.5. The highest BCUT2D eigenvalue weighted by Crippen LogP contribution is 2.26. The maximum absolute atomic E-state index is 13.0. The van der Waals surface area contributed by atoms with Gasteiger partial charge in [0.05, 0.1) is 18.6 Å². The van der Waals surface area contributed by atoms with Gasteiger partial charge in [-0.3, -0.25) is 4.79 Å². The van der Waals surface area contributed by atoms with Gasteiger partial charge in [0, 0.05) is 25.3 Å². The predicted octanol–water partition coefficient (Wildman–Crippen LogP) is 2.95. The monoisotopic (exact) mass is 445 g/mol. The molecule has 0 atom stereocenters. The standard InChI is InChI=1S/C23H31N3O4S/c1-18-6-9-20(16-22(18)31(28,29)26-14-4-3-5-15-26)25-17-23(27)24-13-12-19-7-10-21(30-2)11-8-19/h6-11,16,25H,3-5,12-15,17H2,1-2H3,(H,24,27). The van der Waals surface area contributed by atoms with Crippen molar-refractivity contribution in [3.05, 3.63) is 53.6 Å². The molecule has 1 saturated heterocycles. The molecule has 2 aromatic rings. The van der Waals surface area contributed by atoms with E-state index in [1.54, 1.807) is 36.5 Å². The number of carbonyl (C=O) groups is 1. The fourth-order valence-electron chi connectivity index (χ4n) is 3.62. The number of nitrogens with one attached hydrogen (secondary N) is 2. The molecule has 168 valence electrons. The minimum Gasteiger partial charge on any atom is -0.497 e. The summed E-state index contributed by atoms with van der Waals surface area (Å²) in [6.07, 6.45) is 3.58. The second-order valence-electron chi connectivity index (χ2n) is 7.75. The second kappa shape index (κ2) is 10.6. The number of benzene rings is 2. The number of anilines is 1. The Morgan fingerprint density at radius 3 is 2.45 bits per heavy atom. The van der Waals surface area contributed by atoms with Gasteiger partial charge in [-0.1, -0.05) is 24.6 Å². The van der Waals surface area contributed by atoms with Crippen molar-refractivity contribution in [3.8, 4) is 5.75 Å². The second-order valence-corrected chi connectivity index (χ2v) is 9.65. The van der Waals surface area contributed by atoms with Gasteiger partial charge in [0.25, 0.3) is 0 Å².